The van der Waals surface area contributed by atoms with E-state index in [1.54, 1.807) is 16.8 Å². The van der Waals surface area contributed by atoms with E-state index in [1.165, 1.54) is 0 Å². The van der Waals surface area contributed by atoms with Crippen LogP contribution in [0.2, 0.25) is 0 Å². The van der Waals surface area contributed by atoms with Crippen molar-refractivity contribution in [3.63, 3.8) is 0 Å². The van der Waals surface area contributed by atoms with Gasteiger partial charge in [0.15, 0.2) is 0 Å². The first-order chi connectivity index (χ1) is 16.1. The summed E-state index contributed by atoms with van der Waals surface area (Å²) in [5, 5.41) is 27.1. The molecule has 164 valence electrons. The summed E-state index contributed by atoms with van der Waals surface area (Å²) in [5.41, 5.74) is 4.62. The molecule has 1 aliphatic heterocycles. The predicted molar refractivity (Wildman–Crippen MR) is 128 cm³/mol. The third-order valence-electron chi connectivity index (χ3n) is 5.98. The van der Waals surface area contributed by atoms with E-state index in [-0.39, 0.29) is 12.0 Å². The molecule has 2 heterocycles. The molecule has 2 N–H and O–H groups in total. The third kappa shape index (κ3) is 4.43. The average molecular weight is 438 g/mol. The number of carbonyl (C=O) groups excluding carboxylic acids is 1. The van der Waals surface area contributed by atoms with Gasteiger partial charge in [-0.3, -0.25) is 4.79 Å². The van der Waals surface area contributed by atoms with Crippen LogP contribution in [0.5, 0.6) is 0 Å². The molecule has 7 heteroatoms. The second-order valence-corrected chi connectivity index (χ2v) is 8.23. The van der Waals surface area contributed by atoms with E-state index in [0.29, 0.717) is 16.8 Å². The zero-order chi connectivity index (χ0) is 22.8. The Hall–Kier alpha value is -4.15. The van der Waals surface area contributed by atoms with Crippen molar-refractivity contribution < 1.29 is 9.90 Å². The Kier molecular flexibility index (Phi) is 5.51. The Morgan fingerprint density at radius 1 is 1.00 bits per heavy atom. The fourth-order valence-corrected chi connectivity index (χ4v) is 4.08. The summed E-state index contributed by atoms with van der Waals surface area (Å²) in [6.45, 7) is 1.64. The van der Waals surface area contributed by atoms with Crippen LogP contribution in [-0.4, -0.2) is 40.0 Å². The molecular formula is C26H23N5O2. The number of nitrogens with zero attached hydrogens (tertiary/aromatic N) is 4. The van der Waals surface area contributed by atoms with Crippen molar-refractivity contribution in [1.82, 2.24) is 9.78 Å². The number of rotatable bonds is 4. The fraction of sp³-hybridized carbons (Fsp3) is 0.192. The van der Waals surface area contributed by atoms with Gasteiger partial charge in [-0.2, -0.15) is 10.4 Å². The van der Waals surface area contributed by atoms with Gasteiger partial charge in [-0.25, -0.2) is 4.68 Å². The van der Waals surface area contributed by atoms with Gasteiger partial charge in [0, 0.05) is 41.6 Å². The van der Waals surface area contributed by atoms with Crippen LogP contribution in [0.3, 0.4) is 0 Å². The molecule has 1 fully saturated rings. The lowest BCUT2D eigenvalue weighted by molar-refractivity contribution is 0.102. The van der Waals surface area contributed by atoms with Gasteiger partial charge in [0.05, 0.1) is 28.9 Å². The Morgan fingerprint density at radius 3 is 2.39 bits per heavy atom. The highest BCUT2D eigenvalue weighted by Crippen LogP contribution is 2.23. The molecule has 0 spiro atoms. The van der Waals surface area contributed by atoms with Crippen molar-refractivity contribution in [1.29, 1.82) is 5.26 Å². The van der Waals surface area contributed by atoms with Gasteiger partial charge in [0.25, 0.3) is 5.91 Å². The number of aromatic nitrogens is 2. The second-order valence-electron chi connectivity index (χ2n) is 8.23. The zero-order valence-electron chi connectivity index (χ0n) is 18.0. The molecule has 0 aliphatic carbocycles. The van der Waals surface area contributed by atoms with Crippen molar-refractivity contribution in [3.8, 4) is 11.8 Å². The Balaban J connectivity index is 1.29. The lowest BCUT2D eigenvalue weighted by Gasteiger charge is -2.31. The monoisotopic (exact) mass is 437 g/mol. The van der Waals surface area contributed by atoms with Crippen LogP contribution >= 0.6 is 0 Å². The molecule has 7 nitrogen and oxygen atoms in total. The van der Waals surface area contributed by atoms with E-state index in [0.717, 1.165) is 48.2 Å². The van der Waals surface area contributed by atoms with E-state index in [1.807, 2.05) is 60.8 Å². The summed E-state index contributed by atoms with van der Waals surface area (Å²) in [6, 6.07) is 22.5. The number of benzene rings is 3. The van der Waals surface area contributed by atoms with Crippen LogP contribution in [-0.2, 0) is 0 Å². The molecule has 0 saturated carbocycles. The average Bonchev–Trinajstić information content (AvgIpc) is 3.28. The first-order valence-corrected chi connectivity index (χ1v) is 10.9. The second kappa shape index (κ2) is 8.77. The molecule has 4 aromatic rings. The minimum Gasteiger partial charge on any atom is -0.393 e. The number of piperidine rings is 1. The Labute approximate surface area is 191 Å². The number of nitrogens with one attached hydrogen (secondary N) is 1. The minimum absolute atomic E-state index is 0.172. The van der Waals surface area contributed by atoms with E-state index in [2.05, 4.69) is 21.4 Å². The van der Waals surface area contributed by atoms with E-state index >= 15 is 0 Å². The number of aliphatic hydroxyl groups is 1. The van der Waals surface area contributed by atoms with E-state index in [9.17, 15) is 9.90 Å². The van der Waals surface area contributed by atoms with E-state index < -0.39 is 0 Å². The molecule has 5 rings (SSSR count). The maximum absolute atomic E-state index is 12.8. The number of fused-ring (bicyclic) bond motifs is 1. The third-order valence-corrected chi connectivity index (χ3v) is 5.98. The number of aliphatic hydroxyl groups excluding tert-OH is 1. The van der Waals surface area contributed by atoms with Crippen LogP contribution in [0.4, 0.5) is 11.4 Å². The summed E-state index contributed by atoms with van der Waals surface area (Å²) in [7, 11) is 0. The summed E-state index contributed by atoms with van der Waals surface area (Å²) in [4.78, 5) is 15.0. The smallest absolute Gasteiger partial charge is 0.255 e. The maximum atomic E-state index is 12.8. The van der Waals surface area contributed by atoms with Gasteiger partial charge in [0.1, 0.15) is 0 Å². The molecule has 0 bridgehead atoms. The number of amides is 1. The van der Waals surface area contributed by atoms with Crippen molar-refractivity contribution in [2.24, 2.45) is 0 Å². The predicted octanol–water partition coefficient (Wildman–Crippen LogP) is 4.11. The molecule has 0 unspecified atom stereocenters. The lowest BCUT2D eigenvalue weighted by Crippen LogP contribution is -2.35. The highest BCUT2D eigenvalue weighted by molar-refractivity contribution is 6.05. The molecule has 1 saturated heterocycles. The van der Waals surface area contributed by atoms with Crippen LogP contribution in [0.1, 0.15) is 28.8 Å². The summed E-state index contributed by atoms with van der Waals surface area (Å²) in [6.07, 6.45) is 3.23. The van der Waals surface area contributed by atoms with Crippen molar-refractivity contribution >= 4 is 28.2 Å². The van der Waals surface area contributed by atoms with Crippen molar-refractivity contribution in [3.05, 3.63) is 84.1 Å². The van der Waals surface area contributed by atoms with Gasteiger partial charge in [0.2, 0.25) is 0 Å². The molecule has 0 atom stereocenters. The van der Waals surface area contributed by atoms with Crippen LogP contribution in [0, 0.1) is 11.3 Å². The normalized spacial score (nSPS) is 14.2. The van der Waals surface area contributed by atoms with Gasteiger partial charge >= 0.3 is 0 Å². The highest BCUT2D eigenvalue weighted by Gasteiger charge is 2.17. The first-order valence-electron chi connectivity index (χ1n) is 10.9. The number of carbonyl (C=O) groups is 1. The van der Waals surface area contributed by atoms with Gasteiger partial charge in [-0.1, -0.05) is 0 Å². The van der Waals surface area contributed by atoms with Crippen LogP contribution in [0.15, 0.2) is 72.9 Å². The number of hydrogen-bond acceptors (Lipinski definition) is 5. The standard InChI is InChI=1S/C26H23N5O2/c27-16-18-1-6-23(7-2-18)31-17-20-15-21(5-10-25(20)29-31)28-26(33)19-3-8-22(9-4-19)30-13-11-24(32)12-14-30/h1-10,15,17,24,32H,11-14H2,(H,28,33). The molecular weight excluding hydrogens is 414 g/mol. The van der Waals surface area contributed by atoms with E-state index in [4.69, 9.17) is 5.26 Å². The lowest BCUT2D eigenvalue weighted by atomic mass is 10.1. The molecule has 1 amide bonds. The molecule has 3 aromatic carbocycles. The summed E-state index contributed by atoms with van der Waals surface area (Å²) in [5.74, 6) is -0.172. The van der Waals surface area contributed by atoms with Gasteiger partial charge in [-0.05, 0) is 79.6 Å². The number of nitriles is 1. The van der Waals surface area contributed by atoms with Gasteiger partial charge in [-0.15, -0.1) is 0 Å². The quantitative estimate of drug-likeness (QED) is 0.501. The van der Waals surface area contributed by atoms with Crippen LogP contribution < -0.4 is 10.2 Å². The van der Waals surface area contributed by atoms with Gasteiger partial charge < -0.3 is 15.3 Å². The SMILES string of the molecule is N#Cc1ccc(-n2cc3cc(NC(=O)c4ccc(N5CCC(O)CC5)cc4)ccc3n2)cc1. The molecule has 33 heavy (non-hydrogen) atoms. The number of anilines is 2. The zero-order valence-corrected chi connectivity index (χ0v) is 18.0. The molecule has 1 aliphatic rings. The van der Waals surface area contributed by atoms with Crippen molar-refractivity contribution in [2.45, 2.75) is 18.9 Å². The number of hydrogen-bond donors (Lipinski definition) is 2. The van der Waals surface area contributed by atoms with Crippen molar-refractivity contribution in [2.75, 3.05) is 23.3 Å². The minimum atomic E-state index is -0.208. The molecule has 1 aromatic heterocycles. The Morgan fingerprint density at radius 2 is 1.70 bits per heavy atom. The van der Waals surface area contributed by atoms with Crippen LogP contribution in [0.25, 0.3) is 16.6 Å². The largest absolute Gasteiger partial charge is 0.393 e. The summed E-state index contributed by atoms with van der Waals surface area (Å²) < 4.78 is 1.76. The molecule has 0 radical (unpaired) electrons. The Bertz CT molecular complexity index is 1330. The summed E-state index contributed by atoms with van der Waals surface area (Å²) >= 11 is 0. The first kappa shape index (κ1) is 20.7. The topological polar surface area (TPSA) is 94.2 Å². The maximum Gasteiger partial charge on any atom is 0.255 e. The fourth-order valence-electron chi connectivity index (χ4n) is 4.08. The highest BCUT2D eigenvalue weighted by atomic mass is 16.3.